The first-order valence-electron chi connectivity index (χ1n) is 11.3. The number of rotatable bonds is 11. The molecule has 8 nitrogen and oxygen atoms in total. The highest BCUT2D eigenvalue weighted by Crippen LogP contribution is 2.22. The van der Waals surface area contributed by atoms with Crippen molar-refractivity contribution < 1.29 is 14.3 Å². The van der Waals surface area contributed by atoms with Crippen molar-refractivity contribution in [3.05, 3.63) is 78.1 Å². The maximum Gasteiger partial charge on any atom is 0.251 e. The van der Waals surface area contributed by atoms with Gasteiger partial charge in [0.05, 0.1) is 18.9 Å². The highest BCUT2D eigenvalue weighted by atomic mass is 32.2. The van der Waals surface area contributed by atoms with Crippen LogP contribution >= 0.6 is 11.8 Å². The van der Waals surface area contributed by atoms with E-state index in [-0.39, 0.29) is 17.6 Å². The van der Waals surface area contributed by atoms with Crippen LogP contribution in [0.1, 0.15) is 54.5 Å². The van der Waals surface area contributed by atoms with E-state index in [9.17, 15) is 9.59 Å². The van der Waals surface area contributed by atoms with Crippen LogP contribution in [0.4, 0.5) is 5.69 Å². The number of nitrogens with one attached hydrogen (secondary N) is 2. The lowest BCUT2D eigenvalue weighted by atomic mass is 10.0. The fraction of sp³-hybridized carbons (Fsp3) is 0.308. The molecule has 2 N–H and O–H groups in total. The number of nitrogens with zero attached hydrogens (tertiary/aromatic N) is 3. The molecule has 1 unspecified atom stereocenters. The van der Waals surface area contributed by atoms with Crippen LogP contribution in [-0.2, 0) is 11.3 Å². The summed E-state index contributed by atoms with van der Waals surface area (Å²) >= 11 is 1.28. The molecule has 0 bridgehead atoms. The Balaban J connectivity index is 1.63. The van der Waals surface area contributed by atoms with Crippen LogP contribution in [0.3, 0.4) is 0 Å². The Hall–Kier alpha value is -3.59. The molecular formula is C26H31N5O3S. The Morgan fingerprint density at radius 1 is 1.09 bits per heavy atom. The minimum atomic E-state index is -0.403. The predicted molar refractivity (Wildman–Crippen MR) is 139 cm³/mol. The molecule has 1 aromatic heterocycles. The molecule has 1 atom stereocenters. The minimum Gasteiger partial charge on any atom is -0.497 e. The van der Waals surface area contributed by atoms with Gasteiger partial charge in [-0.2, -0.15) is 0 Å². The van der Waals surface area contributed by atoms with Crippen LogP contribution in [0.2, 0.25) is 0 Å². The van der Waals surface area contributed by atoms with Gasteiger partial charge in [0.15, 0.2) is 11.0 Å². The summed E-state index contributed by atoms with van der Waals surface area (Å²) in [7, 11) is 1.58. The van der Waals surface area contributed by atoms with E-state index in [1.165, 1.54) is 17.3 Å². The first-order chi connectivity index (χ1) is 16.8. The van der Waals surface area contributed by atoms with Crippen LogP contribution in [-0.4, -0.2) is 39.4 Å². The zero-order chi connectivity index (χ0) is 25.4. The number of benzene rings is 2. The number of thioether (sulfide) groups is 1. The smallest absolute Gasteiger partial charge is 0.251 e. The van der Waals surface area contributed by atoms with Crippen molar-refractivity contribution in [3.63, 3.8) is 0 Å². The van der Waals surface area contributed by atoms with Crippen molar-refractivity contribution in [2.45, 2.75) is 44.4 Å². The fourth-order valence-corrected chi connectivity index (χ4v) is 4.15. The molecule has 2 amide bonds. The Labute approximate surface area is 210 Å². The number of aromatic nitrogens is 3. The topological polar surface area (TPSA) is 98.1 Å². The van der Waals surface area contributed by atoms with Crippen molar-refractivity contribution in [1.29, 1.82) is 0 Å². The standard InChI is InChI=1S/C26H31N5O3S/c1-6-15-31-24(18(4)27-25(33)20-9-13-22(34-5)14-10-20)29-30-26(31)35-16-23(32)28-21-11-7-19(8-12-21)17(2)3/h6-14,17-18H,1,15-16H2,2-5H3,(H,27,33)(H,28,32). The lowest BCUT2D eigenvalue weighted by Crippen LogP contribution is -2.28. The molecule has 0 saturated carbocycles. The number of amides is 2. The monoisotopic (exact) mass is 493 g/mol. The average Bonchev–Trinajstić information content (AvgIpc) is 3.26. The molecule has 3 aromatic rings. The van der Waals surface area contributed by atoms with Crippen LogP contribution in [0, 0.1) is 0 Å². The molecule has 1 heterocycles. The lowest BCUT2D eigenvalue weighted by Gasteiger charge is -2.15. The van der Waals surface area contributed by atoms with Gasteiger partial charge >= 0.3 is 0 Å². The van der Waals surface area contributed by atoms with E-state index in [4.69, 9.17) is 4.74 Å². The highest BCUT2D eigenvalue weighted by molar-refractivity contribution is 7.99. The van der Waals surface area contributed by atoms with Crippen molar-refractivity contribution in [2.75, 3.05) is 18.2 Å². The molecule has 0 saturated heterocycles. The van der Waals surface area contributed by atoms with E-state index in [1.807, 2.05) is 35.8 Å². The number of carbonyl (C=O) groups excluding carboxylic acids is 2. The van der Waals surface area contributed by atoms with Crippen molar-refractivity contribution in [2.24, 2.45) is 0 Å². The van der Waals surface area contributed by atoms with Gasteiger partial charge in [-0.15, -0.1) is 16.8 Å². The second-order valence-corrected chi connectivity index (χ2v) is 9.22. The third-order valence-electron chi connectivity index (χ3n) is 5.34. The van der Waals surface area contributed by atoms with Gasteiger partial charge in [-0.1, -0.05) is 43.8 Å². The molecule has 0 aliphatic heterocycles. The number of carbonyl (C=O) groups is 2. The van der Waals surface area contributed by atoms with Crippen molar-refractivity contribution >= 4 is 29.3 Å². The largest absolute Gasteiger partial charge is 0.497 e. The van der Waals surface area contributed by atoms with Gasteiger partial charge in [0.1, 0.15) is 5.75 Å². The van der Waals surface area contributed by atoms with Gasteiger partial charge in [0.25, 0.3) is 5.91 Å². The Morgan fingerprint density at radius 3 is 2.37 bits per heavy atom. The van der Waals surface area contributed by atoms with E-state index >= 15 is 0 Å². The van der Waals surface area contributed by atoms with Crippen LogP contribution in [0.25, 0.3) is 0 Å². The molecule has 2 aromatic carbocycles. The van der Waals surface area contributed by atoms with Gasteiger partial charge in [0.2, 0.25) is 5.91 Å². The van der Waals surface area contributed by atoms with Gasteiger partial charge in [-0.3, -0.25) is 9.59 Å². The zero-order valence-corrected chi connectivity index (χ0v) is 21.3. The molecule has 0 fully saturated rings. The normalized spacial score (nSPS) is 11.7. The second kappa shape index (κ2) is 12.2. The summed E-state index contributed by atoms with van der Waals surface area (Å²) in [6.07, 6.45) is 1.73. The van der Waals surface area contributed by atoms with Crippen LogP contribution in [0.15, 0.2) is 66.3 Å². The van der Waals surface area contributed by atoms with E-state index in [2.05, 4.69) is 41.3 Å². The minimum absolute atomic E-state index is 0.136. The number of anilines is 1. The number of allylic oxidation sites excluding steroid dienone is 1. The van der Waals surface area contributed by atoms with E-state index in [1.54, 1.807) is 37.5 Å². The van der Waals surface area contributed by atoms with E-state index in [0.717, 1.165) is 5.69 Å². The third-order valence-corrected chi connectivity index (χ3v) is 6.30. The maximum absolute atomic E-state index is 12.7. The maximum atomic E-state index is 12.7. The molecule has 0 aliphatic rings. The van der Waals surface area contributed by atoms with E-state index < -0.39 is 6.04 Å². The Bertz CT molecular complexity index is 1160. The highest BCUT2D eigenvalue weighted by Gasteiger charge is 2.20. The number of hydrogen-bond donors (Lipinski definition) is 2. The first-order valence-corrected chi connectivity index (χ1v) is 12.3. The molecular weight excluding hydrogens is 462 g/mol. The van der Waals surface area contributed by atoms with Gasteiger partial charge in [0, 0.05) is 17.8 Å². The summed E-state index contributed by atoms with van der Waals surface area (Å²) in [5, 5.41) is 15.0. The summed E-state index contributed by atoms with van der Waals surface area (Å²) in [6, 6.07) is 14.3. The van der Waals surface area contributed by atoms with Gasteiger partial charge < -0.3 is 19.9 Å². The fourth-order valence-electron chi connectivity index (χ4n) is 3.39. The summed E-state index contributed by atoms with van der Waals surface area (Å²) in [4.78, 5) is 25.2. The Morgan fingerprint density at radius 2 is 1.77 bits per heavy atom. The number of hydrogen-bond acceptors (Lipinski definition) is 6. The lowest BCUT2D eigenvalue weighted by molar-refractivity contribution is -0.113. The SMILES string of the molecule is C=CCn1c(SCC(=O)Nc2ccc(C(C)C)cc2)nnc1C(C)NC(=O)c1ccc(OC)cc1. The number of methoxy groups -OCH3 is 1. The third kappa shape index (κ3) is 6.95. The molecule has 9 heteroatoms. The molecule has 0 spiro atoms. The molecule has 3 rings (SSSR count). The quantitative estimate of drug-likeness (QED) is 0.294. The predicted octanol–water partition coefficient (Wildman–Crippen LogP) is 4.82. The molecule has 0 radical (unpaired) electrons. The number of ether oxygens (including phenoxy) is 1. The van der Waals surface area contributed by atoms with Gasteiger partial charge in [-0.25, -0.2) is 0 Å². The van der Waals surface area contributed by atoms with Crippen LogP contribution in [0.5, 0.6) is 5.75 Å². The van der Waals surface area contributed by atoms with Crippen LogP contribution < -0.4 is 15.4 Å². The summed E-state index contributed by atoms with van der Waals surface area (Å²) in [5.74, 6) is 1.50. The summed E-state index contributed by atoms with van der Waals surface area (Å²) in [6.45, 7) is 10.4. The zero-order valence-electron chi connectivity index (χ0n) is 20.4. The van der Waals surface area contributed by atoms with Crippen molar-refractivity contribution in [1.82, 2.24) is 20.1 Å². The Kier molecular flexibility index (Phi) is 9.08. The summed E-state index contributed by atoms with van der Waals surface area (Å²) in [5.41, 5.74) is 2.49. The van der Waals surface area contributed by atoms with Crippen molar-refractivity contribution in [3.8, 4) is 5.75 Å². The summed E-state index contributed by atoms with van der Waals surface area (Å²) < 4.78 is 6.99. The first kappa shape index (κ1) is 26.0. The average molecular weight is 494 g/mol. The van der Waals surface area contributed by atoms with E-state index in [0.29, 0.717) is 34.8 Å². The molecule has 184 valence electrons. The van der Waals surface area contributed by atoms with Gasteiger partial charge in [-0.05, 0) is 54.8 Å². The molecule has 35 heavy (non-hydrogen) atoms. The second-order valence-electron chi connectivity index (χ2n) is 8.28. The molecule has 0 aliphatic carbocycles.